The van der Waals surface area contributed by atoms with Crippen LogP contribution in [0.15, 0.2) is 53.1 Å². The van der Waals surface area contributed by atoms with Crippen molar-refractivity contribution in [3.8, 4) is 11.5 Å². The molecule has 0 spiro atoms. The van der Waals surface area contributed by atoms with Gasteiger partial charge < -0.3 is 9.47 Å². The van der Waals surface area contributed by atoms with E-state index in [1.807, 2.05) is 0 Å². The summed E-state index contributed by atoms with van der Waals surface area (Å²) in [4.78, 5) is 12.8. The van der Waals surface area contributed by atoms with Crippen molar-refractivity contribution in [1.29, 1.82) is 0 Å². The van der Waals surface area contributed by atoms with E-state index in [9.17, 15) is 13.2 Å². The van der Waals surface area contributed by atoms with Crippen molar-refractivity contribution in [2.24, 2.45) is 0 Å². The molecule has 2 heterocycles. The predicted molar refractivity (Wildman–Crippen MR) is 86.3 cm³/mol. The number of hydrogen-bond acceptors (Lipinski definition) is 5. The monoisotopic (exact) mass is 343 g/mol. The van der Waals surface area contributed by atoms with E-state index in [1.54, 1.807) is 30.3 Å². The van der Waals surface area contributed by atoms with Gasteiger partial charge in [0.25, 0.3) is 10.0 Å². The quantitative estimate of drug-likeness (QED) is 0.743. The number of ether oxygens (including phenoxy) is 2. The highest BCUT2D eigenvalue weighted by molar-refractivity contribution is 7.89. The number of likely N-dealkylation sites (N-methyl/N-ethyl adjacent to an activating group) is 1. The first kappa shape index (κ1) is 14.8. The lowest BCUT2D eigenvalue weighted by atomic mass is 10.1. The van der Waals surface area contributed by atoms with Crippen LogP contribution in [0.1, 0.15) is 15.9 Å². The summed E-state index contributed by atoms with van der Waals surface area (Å²) in [5.41, 5.74) is 0.930. The number of rotatable bonds is 1. The Bertz CT molecular complexity index is 994. The summed E-state index contributed by atoms with van der Waals surface area (Å²) in [6, 6.07) is 11.4. The maximum absolute atomic E-state index is 12.7. The molecular weight excluding hydrogens is 330 g/mol. The minimum atomic E-state index is -3.75. The number of Topliss-reactive ketones (excluding diaryl/α,β-unsaturated/α-hetero) is 1. The maximum atomic E-state index is 12.7. The lowest BCUT2D eigenvalue weighted by Gasteiger charge is -2.27. The van der Waals surface area contributed by atoms with E-state index in [1.165, 1.54) is 25.3 Å². The van der Waals surface area contributed by atoms with Crippen molar-refractivity contribution < 1.29 is 22.7 Å². The fraction of sp³-hybridized carbons (Fsp3) is 0.118. The predicted octanol–water partition coefficient (Wildman–Crippen LogP) is 2.27. The van der Waals surface area contributed by atoms with Gasteiger partial charge in [-0.25, -0.2) is 8.42 Å². The molecule has 0 N–H and O–H groups in total. The fourth-order valence-electron chi connectivity index (χ4n) is 2.75. The van der Waals surface area contributed by atoms with E-state index < -0.39 is 10.0 Å². The van der Waals surface area contributed by atoms with Gasteiger partial charge in [0.1, 0.15) is 5.70 Å². The van der Waals surface area contributed by atoms with Gasteiger partial charge in [-0.05, 0) is 35.9 Å². The summed E-state index contributed by atoms with van der Waals surface area (Å²) in [5.74, 6) is 0.859. The number of hydrogen-bond donors (Lipinski definition) is 0. The highest BCUT2D eigenvalue weighted by atomic mass is 32.2. The Morgan fingerprint density at radius 1 is 1.08 bits per heavy atom. The Balaban J connectivity index is 1.85. The van der Waals surface area contributed by atoms with Crippen LogP contribution in [-0.2, 0) is 10.0 Å². The molecule has 0 saturated heterocycles. The minimum Gasteiger partial charge on any atom is -0.454 e. The first-order valence-electron chi connectivity index (χ1n) is 7.22. The zero-order valence-corrected chi connectivity index (χ0v) is 13.5. The summed E-state index contributed by atoms with van der Waals surface area (Å²) in [7, 11) is -2.37. The van der Waals surface area contributed by atoms with E-state index in [-0.39, 0.29) is 28.7 Å². The topological polar surface area (TPSA) is 72.9 Å². The summed E-state index contributed by atoms with van der Waals surface area (Å²) in [6.45, 7) is 0.149. The fourth-order valence-corrected chi connectivity index (χ4v) is 4.13. The number of fused-ring (bicyclic) bond motifs is 2. The molecule has 4 rings (SSSR count). The van der Waals surface area contributed by atoms with Crippen molar-refractivity contribution >= 4 is 21.9 Å². The van der Waals surface area contributed by atoms with Gasteiger partial charge in [0.2, 0.25) is 12.6 Å². The van der Waals surface area contributed by atoms with Gasteiger partial charge in [-0.3, -0.25) is 9.10 Å². The lowest BCUT2D eigenvalue weighted by molar-refractivity contribution is 0.101. The minimum absolute atomic E-state index is 0.0281. The van der Waals surface area contributed by atoms with E-state index in [0.717, 1.165) is 4.31 Å². The zero-order valence-electron chi connectivity index (χ0n) is 12.7. The molecule has 0 amide bonds. The Morgan fingerprint density at radius 2 is 1.83 bits per heavy atom. The Hall–Kier alpha value is -2.80. The van der Waals surface area contributed by atoms with Crippen LogP contribution in [0.3, 0.4) is 0 Å². The van der Waals surface area contributed by atoms with Crippen LogP contribution in [-0.4, -0.2) is 32.3 Å². The smallest absolute Gasteiger partial charge is 0.264 e. The average molecular weight is 343 g/mol. The number of ketones is 1. The number of carbonyl (C=O) groups excluding carboxylic acids is 1. The first-order valence-corrected chi connectivity index (χ1v) is 8.66. The molecule has 6 nitrogen and oxygen atoms in total. The maximum Gasteiger partial charge on any atom is 0.264 e. The van der Waals surface area contributed by atoms with Crippen molar-refractivity contribution in [1.82, 2.24) is 4.31 Å². The Kier molecular flexibility index (Phi) is 3.14. The third-order valence-electron chi connectivity index (χ3n) is 4.04. The van der Waals surface area contributed by atoms with Crippen molar-refractivity contribution in [3.05, 3.63) is 59.3 Å². The molecule has 24 heavy (non-hydrogen) atoms. The van der Waals surface area contributed by atoms with E-state index in [4.69, 9.17) is 9.47 Å². The molecule has 0 radical (unpaired) electrons. The second-order valence-corrected chi connectivity index (χ2v) is 7.38. The molecule has 2 aliphatic rings. The van der Waals surface area contributed by atoms with Gasteiger partial charge in [-0.15, -0.1) is 0 Å². The standard InChI is InChI=1S/C17H13NO5S/c1-18-13(8-11-6-7-14-15(9-11)23-10-22-14)17(19)12-4-2-3-5-16(12)24(18,20)21/h2-9H,10H2,1H3. The summed E-state index contributed by atoms with van der Waals surface area (Å²) >= 11 is 0. The van der Waals surface area contributed by atoms with Gasteiger partial charge in [0, 0.05) is 12.6 Å². The van der Waals surface area contributed by atoms with Crippen LogP contribution >= 0.6 is 0 Å². The first-order chi connectivity index (χ1) is 11.5. The second kappa shape index (κ2) is 5.10. The summed E-state index contributed by atoms with van der Waals surface area (Å²) < 4.78 is 36.8. The van der Waals surface area contributed by atoms with Crippen LogP contribution in [0.5, 0.6) is 11.5 Å². The van der Waals surface area contributed by atoms with Crippen LogP contribution in [0.2, 0.25) is 0 Å². The van der Waals surface area contributed by atoms with E-state index in [2.05, 4.69) is 0 Å². The third-order valence-corrected chi connectivity index (χ3v) is 5.87. The molecule has 0 bridgehead atoms. The molecule has 122 valence electrons. The highest BCUT2D eigenvalue weighted by Crippen LogP contribution is 2.35. The number of carbonyl (C=O) groups is 1. The molecule has 7 heteroatoms. The van der Waals surface area contributed by atoms with Gasteiger partial charge >= 0.3 is 0 Å². The number of benzene rings is 2. The number of allylic oxidation sites excluding steroid dienone is 1. The molecule has 2 aromatic carbocycles. The largest absolute Gasteiger partial charge is 0.454 e. The van der Waals surface area contributed by atoms with Gasteiger partial charge in [-0.1, -0.05) is 18.2 Å². The SMILES string of the molecule is CN1C(=Cc2ccc3c(c2)OCO3)C(=O)c2ccccc2S1(=O)=O. The second-order valence-electron chi connectivity index (χ2n) is 5.44. The van der Waals surface area contributed by atoms with Gasteiger partial charge in [-0.2, -0.15) is 0 Å². The summed E-state index contributed by atoms with van der Waals surface area (Å²) in [6.07, 6.45) is 1.54. The van der Waals surface area contributed by atoms with Crippen molar-refractivity contribution in [2.45, 2.75) is 4.90 Å². The van der Waals surface area contributed by atoms with Crippen molar-refractivity contribution in [3.63, 3.8) is 0 Å². The van der Waals surface area contributed by atoms with Crippen LogP contribution in [0.4, 0.5) is 0 Å². The number of sulfonamides is 1. The van der Waals surface area contributed by atoms with Gasteiger partial charge in [0.05, 0.1) is 4.90 Å². The highest BCUT2D eigenvalue weighted by Gasteiger charge is 2.36. The normalized spacial score (nSPS) is 19.5. The average Bonchev–Trinajstić information content (AvgIpc) is 3.05. The van der Waals surface area contributed by atoms with Crippen LogP contribution < -0.4 is 9.47 Å². The Morgan fingerprint density at radius 3 is 2.67 bits per heavy atom. The molecule has 2 aromatic rings. The zero-order chi connectivity index (χ0) is 16.9. The van der Waals surface area contributed by atoms with Crippen molar-refractivity contribution in [2.75, 3.05) is 13.8 Å². The molecule has 2 aliphatic heterocycles. The lowest BCUT2D eigenvalue weighted by Crippen LogP contribution is -2.36. The number of nitrogens with zero attached hydrogens (tertiary/aromatic N) is 1. The van der Waals surface area contributed by atoms with E-state index in [0.29, 0.717) is 17.1 Å². The molecule has 0 aromatic heterocycles. The van der Waals surface area contributed by atoms with Crippen LogP contribution in [0, 0.1) is 0 Å². The molecule has 0 saturated carbocycles. The molecule has 0 fully saturated rings. The van der Waals surface area contributed by atoms with E-state index >= 15 is 0 Å². The molecule has 0 unspecified atom stereocenters. The summed E-state index contributed by atoms with van der Waals surface area (Å²) in [5, 5.41) is 0. The molecule has 0 atom stereocenters. The molecular formula is C17H13NO5S. The van der Waals surface area contributed by atoms with Gasteiger partial charge in [0.15, 0.2) is 11.5 Å². The Labute approximate surface area is 139 Å². The van der Waals surface area contributed by atoms with Crippen LogP contribution in [0.25, 0.3) is 6.08 Å². The third kappa shape index (κ3) is 2.09. The molecule has 0 aliphatic carbocycles.